The van der Waals surface area contributed by atoms with Crippen LogP contribution in [0.25, 0.3) is 11.0 Å². The molecule has 2 aromatic rings. The Kier molecular flexibility index (Phi) is 3.35. The lowest BCUT2D eigenvalue weighted by molar-refractivity contribution is -0.222. The van der Waals surface area contributed by atoms with Gasteiger partial charge in [0, 0.05) is 32.8 Å². The monoisotopic (exact) mass is 315 g/mol. The number of nitrogens with one attached hydrogen (secondary N) is 1. The Labute approximate surface area is 132 Å². The van der Waals surface area contributed by atoms with Crippen molar-refractivity contribution in [3.05, 3.63) is 35.8 Å². The number of hydrogen-bond donors (Lipinski definition) is 1. The molecule has 1 saturated heterocycles. The Hall–Kier alpha value is -2.83. The molecule has 0 atom stereocenters. The van der Waals surface area contributed by atoms with Gasteiger partial charge in [-0.1, -0.05) is 0 Å². The second kappa shape index (κ2) is 5.12. The topological polar surface area (TPSA) is 82.5 Å². The maximum atomic E-state index is 11.9. The summed E-state index contributed by atoms with van der Waals surface area (Å²) in [4.78, 5) is 28.1. The SMILES string of the molecule is Cc1nc2cc(NC=C3C(=O)OC(C)(C)OC3=O)ccc2n1C. The third-order valence-corrected chi connectivity index (χ3v) is 3.60. The molecule has 0 aliphatic carbocycles. The second-order valence-electron chi connectivity index (χ2n) is 5.80. The van der Waals surface area contributed by atoms with Crippen LogP contribution in [0.5, 0.6) is 0 Å². The van der Waals surface area contributed by atoms with Crippen molar-refractivity contribution in [2.24, 2.45) is 7.05 Å². The van der Waals surface area contributed by atoms with E-state index in [0.29, 0.717) is 5.69 Å². The number of rotatable bonds is 2. The van der Waals surface area contributed by atoms with Gasteiger partial charge < -0.3 is 19.4 Å². The number of benzene rings is 1. The first-order valence-corrected chi connectivity index (χ1v) is 7.13. The van der Waals surface area contributed by atoms with Crippen molar-refractivity contribution in [1.82, 2.24) is 9.55 Å². The number of aromatic nitrogens is 2. The van der Waals surface area contributed by atoms with E-state index in [0.717, 1.165) is 16.9 Å². The molecule has 120 valence electrons. The van der Waals surface area contributed by atoms with Crippen LogP contribution < -0.4 is 5.32 Å². The number of aryl methyl sites for hydroxylation is 2. The average molecular weight is 315 g/mol. The summed E-state index contributed by atoms with van der Waals surface area (Å²) in [7, 11) is 1.94. The van der Waals surface area contributed by atoms with Gasteiger partial charge in [0.05, 0.1) is 11.0 Å². The lowest BCUT2D eigenvalue weighted by atomic mass is 10.2. The summed E-state index contributed by atoms with van der Waals surface area (Å²) in [5, 5.41) is 2.91. The van der Waals surface area contributed by atoms with Crippen LogP contribution in [-0.4, -0.2) is 27.3 Å². The molecule has 0 saturated carbocycles. The predicted molar refractivity (Wildman–Crippen MR) is 83.4 cm³/mol. The number of nitrogens with zero attached hydrogens (tertiary/aromatic N) is 2. The predicted octanol–water partition coefficient (Wildman–Crippen LogP) is 2.01. The van der Waals surface area contributed by atoms with Crippen LogP contribution in [0.1, 0.15) is 19.7 Å². The summed E-state index contributed by atoms with van der Waals surface area (Å²) in [6, 6.07) is 5.59. The number of fused-ring (bicyclic) bond motifs is 1. The zero-order valence-electron chi connectivity index (χ0n) is 13.3. The van der Waals surface area contributed by atoms with E-state index in [1.54, 1.807) is 0 Å². The van der Waals surface area contributed by atoms with Crippen LogP contribution in [0.15, 0.2) is 30.0 Å². The summed E-state index contributed by atoms with van der Waals surface area (Å²) in [6.07, 6.45) is 1.29. The van der Waals surface area contributed by atoms with E-state index in [1.807, 2.05) is 36.7 Å². The number of carbonyl (C=O) groups excluding carboxylic acids is 2. The fourth-order valence-electron chi connectivity index (χ4n) is 2.34. The Morgan fingerprint density at radius 2 is 1.87 bits per heavy atom. The zero-order valence-corrected chi connectivity index (χ0v) is 13.3. The first-order chi connectivity index (χ1) is 10.8. The van der Waals surface area contributed by atoms with Gasteiger partial charge in [-0.3, -0.25) is 0 Å². The van der Waals surface area contributed by atoms with Crippen molar-refractivity contribution in [1.29, 1.82) is 0 Å². The summed E-state index contributed by atoms with van der Waals surface area (Å²) >= 11 is 0. The molecule has 1 aliphatic rings. The molecular weight excluding hydrogens is 298 g/mol. The molecular formula is C16H17N3O4. The third kappa shape index (κ3) is 2.77. The minimum atomic E-state index is -1.24. The summed E-state index contributed by atoms with van der Waals surface area (Å²) in [5.41, 5.74) is 2.34. The summed E-state index contributed by atoms with van der Waals surface area (Å²) < 4.78 is 12.0. The Balaban J connectivity index is 1.85. The number of cyclic esters (lactones) is 2. The smallest absolute Gasteiger partial charge is 0.350 e. The molecule has 3 rings (SSSR count). The van der Waals surface area contributed by atoms with Crippen molar-refractivity contribution in [3.8, 4) is 0 Å². The molecule has 0 radical (unpaired) electrons. The van der Waals surface area contributed by atoms with Crippen molar-refractivity contribution in [2.75, 3.05) is 5.32 Å². The minimum Gasteiger partial charge on any atom is -0.419 e. The highest BCUT2D eigenvalue weighted by Crippen LogP contribution is 2.23. The van der Waals surface area contributed by atoms with Crippen molar-refractivity contribution in [3.63, 3.8) is 0 Å². The standard InChI is InChI=1S/C16H17N3O4/c1-9-18-12-7-10(5-6-13(12)19(9)4)17-8-11-14(20)22-16(2,3)23-15(11)21/h5-8,17H,1-4H3. The van der Waals surface area contributed by atoms with Gasteiger partial charge in [0.25, 0.3) is 5.79 Å². The molecule has 0 spiro atoms. The largest absolute Gasteiger partial charge is 0.419 e. The van der Waals surface area contributed by atoms with Crippen LogP contribution in [0, 0.1) is 6.92 Å². The lowest BCUT2D eigenvalue weighted by Crippen LogP contribution is -2.42. The van der Waals surface area contributed by atoms with E-state index in [-0.39, 0.29) is 5.57 Å². The highest BCUT2D eigenvalue weighted by Gasteiger charge is 2.38. The highest BCUT2D eigenvalue weighted by atomic mass is 16.7. The average Bonchev–Trinajstić information content (AvgIpc) is 2.71. The normalized spacial score (nSPS) is 17.0. The Bertz CT molecular complexity index is 826. The summed E-state index contributed by atoms with van der Waals surface area (Å²) in [6.45, 7) is 4.93. The van der Waals surface area contributed by atoms with Crippen LogP contribution in [-0.2, 0) is 26.1 Å². The van der Waals surface area contributed by atoms with Gasteiger partial charge in [0.2, 0.25) is 0 Å². The highest BCUT2D eigenvalue weighted by molar-refractivity contribution is 6.15. The molecule has 1 fully saturated rings. The number of esters is 2. The van der Waals surface area contributed by atoms with E-state index in [2.05, 4.69) is 10.3 Å². The fourth-order valence-corrected chi connectivity index (χ4v) is 2.34. The van der Waals surface area contributed by atoms with Crippen LogP contribution in [0.2, 0.25) is 0 Å². The van der Waals surface area contributed by atoms with Gasteiger partial charge in [0.1, 0.15) is 5.82 Å². The van der Waals surface area contributed by atoms with E-state index in [4.69, 9.17) is 9.47 Å². The lowest BCUT2D eigenvalue weighted by Gasteiger charge is -2.29. The molecule has 7 nitrogen and oxygen atoms in total. The fraction of sp³-hybridized carbons (Fsp3) is 0.312. The first-order valence-electron chi connectivity index (χ1n) is 7.13. The van der Waals surface area contributed by atoms with Gasteiger partial charge in [-0.2, -0.15) is 0 Å². The number of hydrogen-bond acceptors (Lipinski definition) is 6. The summed E-state index contributed by atoms with van der Waals surface area (Å²) in [5.74, 6) is -1.77. The van der Waals surface area contributed by atoms with E-state index < -0.39 is 17.7 Å². The third-order valence-electron chi connectivity index (χ3n) is 3.60. The second-order valence-corrected chi connectivity index (χ2v) is 5.80. The van der Waals surface area contributed by atoms with Gasteiger partial charge in [-0.05, 0) is 25.1 Å². The number of carbonyl (C=O) groups is 2. The molecule has 2 heterocycles. The van der Waals surface area contributed by atoms with Crippen LogP contribution >= 0.6 is 0 Å². The van der Waals surface area contributed by atoms with Crippen molar-refractivity contribution < 1.29 is 19.1 Å². The van der Waals surface area contributed by atoms with E-state index >= 15 is 0 Å². The number of ether oxygens (including phenoxy) is 2. The first kappa shape index (κ1) is 15.1. The van der Waals surface area contributed by atoms with Gasteiger partial charge in [0.15, 0.2) is 5.57 Å². The molecule has 1 aromatic heterocycles. The Morgan fingerprint density at radius 1 is 1.22 bits per heavy atom. The molecule has 0 unspecified atom stereocenters. The van der Waals surface area contributed by atoms with Gasteiger partial charge in [-0.15, -0.1) is 0 Å². The van der Waals surface area contributed by atoms with E-state index in [9.17, 15) is 9.59 Å². The quantitative estimate of drug-likeness (QED) is 0.518. The number of anilines is 1. The molecule has 1 N–H and O–H groups in total. The molecule has 23 heavy (non-hydrogen) atoms. The van der Waals surface area contributed by atoms with Crippen molar-refractivity contribution >= 4 is 28.7 Å². The molecule has 0 amide bonds. The van der Waals surface area contributed by atoms with Gasteiger partial charge in [-0.25, -0.2) is 14.6 Å². The molecule has 1 aromatic carbocycles. The zero-order chi connectivity index (χ0) is 16.8. The maximum Gasteiger partial charge on any atom is 0.350 e. The molecule has 7 heteroatoms. The molecule has 0 bridgehead atoms. The number of imidazole rings is 1. The maximum absolute atomic E-state index is 11.9. The Morgan fingerprint density at radius 3 is 2.52 bits per heavy atom. The minimum absolute atomic E-state index is 0.179. The van der Waals surface area contributed by atoms with Crippen LogP contribution in [0.4, 0.5) is 5.69 Å². The van der Waals surface area contributed by atoms with Gasteiger partial charge >= 0.3 is 11.9 Å². The van der Waals surface area contributed by atoms with Crippen molar-refractivity contribution in [2.45, 2.75) is 26.6 Å². The van der Waals surface area contributed by atoms with E-state index in [1.165, 1.54) is 20.0 Å². The molecule has 1 aliphatic heterocycles. The van der Waals surface area contributed by atoms with Crippen LogP contribution in [0.3, 0.4) is 0 Å².